The number of likely N-dealkylation sites (tertiary alicyclic amines) is 1. The Hall–Kier alpha value is -3.06. The maximum Gasteiger partial charge on any atom is 0.410 e. The van der Waals surface area contributed by atoms with E-state index < -0.39 is 17.7 Å². The van der Waals surface area contributed by atoms with Gasteiger partial charge in [-0.1, -0.05) is 23.7 Å². The Kier molecular flexibility index (Phi) is 7.64. The number of halogens is 1. The van der Waals surface area contributed by atoms with Gasteiger partial charge in [-0.15, -0.1) is 0 Å². The Balaban J connectivity index is 1.75. The van der Waals surface area contributed by atoms with Gasteiger partial charge in [-0.2, -0.15) is 0 Å². The molecule has 0 aliphatic carbocycles. The summed E-state index contributed by atoms with van der Waals surface area (Å²) in [4.78, 5) is 38.8. The van der Waals surface area contributed by atoms with Gasteiger partial charge in [-0.25, -0.2) is 9.59 Å². The van der Waals surface area contributed by atoms with Gasteiger partial charge in [0.15, 0.2) is 0 Å². The molecule has 2 amide bonds. The zero-order chi connectivity index (χ0) is 24.2. The molecule has 176 valence electrons. The summed E-state index contributed by atoms with van der Waals surface area (Å²) < 4.78 is 10.5. The topological polar surface area (TPSA) is 84.9 Å². The first-order chi connectivity index (χ1) is 15.6. The highest BCUT2D eigenvalue weighted by molar-refractivity contribution is 6.33. The lowest BCUT2D eigenvalue weighted by Crippen LogP contribution is -2.45. The number of hydrogen-bond donors (Lipinski definition) is 1. The number of anilines is 1. The predicted octanol–water partition coefficient (Wildman–Crippen LogP) is 5.52. The standard InChI is InChI=1S/C25H29ClN2O5/c1-5-32-23(30)17-10-8-16(9-11-17)19-15-18(12-13-20(19)26)27-22(29)21-7-6-14-28(21)24(31)33-25(2,3)4/h8-13,15,21H,5-7,14H2,1-4H3,(H,27,29)/t21-/m1/s1. The van der Waals surface area contributed by atoms with Crippen molar-refractivity contribution in [2.75, 3.05) is 18.5 Å². The minimum absolute atomic E-state index is 0.274. The third kappa shape index (κ3) is 6.26. The number of amides is 2. The van der Waals surface area contributed by atoms with E-state index in [0.29, 0.717) is 41.4 Å². The number of esters is 1. The molecule has 1 heterocycles. The van der Waals surface area contributed by atoms with Crippen molar-refractivity contribution in [2.24, 2.45) is 0 Å². The second kappa shape index (κ2) is 10.3. The van der Waals surface area contributed by atoms with Crippen molar-refractivity contribution >= 4 is 35.3 Å². The van der Waals surface area contributed by atoms with Gasteiger partial charge in [0, 0.05) is 22.8 Å². The summed E-state index contributed by atoms with van der Waals surface area (Å²) in [5, 5.41) is 3.40. The summed E-state index contributed by atoms with van der Waals surface area (Å²) in [6.45, 7) is 7.93. The number of carbonyl (C=O) groups is 3. The number of hydrogen-bond acceptors (Lipinski definition) is 5. The van der Waals surface area contributed by atoms with Crippen LogP contribution in [0.1, 0.15) is 50.9 Å². The normalized spacial score (nSPS) is 15.8. The first-order valence-corrected chi connectivity index (χ1v) is 11.3. The van der Waals surface area contributed by atoms with Crippen molar-refractivity contribution in [1.29, 1.82) is 0 Å². The van der Waals surface area contributed by atoms with Crippen molar-refractivity contribution < 1.29 is 23.9 Å². The van der Waals surface area contributed by atoms with Crippen LogP contribution < -0.4 is 5.32 Å². The Labute approximate surface area is 199 Å². The van der Waals surface area contributed by atoms with Crippen molar-refractivity contribution in [2.45, 2.75) is 52.2 Å². The number of benzene rings is 2. The molecular formula is C25H29ClN2O5. The molecule has 0 aromatic heterocycles. The molecule has 1 saturated heterocycles. The van der Waals surface area contributed by atoms with E-state index in [4.69, 9.17) is 21.1 Å². The first-order valence-electron chi connectivity index (χ1n) is 11.0. The number of nitrogens with one attached hydrogen (secondary N) is 1. The summed E-state index contributed by atoms with van der Waals surface area (Å²) in [7, 11) is 0. The molecule has 0 unspecified atom stereocenters. The monoisotopic (exact) mass is 472 g/mol. The molecule has 1 aliphatic heterocycles. The number of nitrogens with zero attached hydrogens (tertiary/aromatic N) is 1. The smallest absolute Gasteiger partial charge is 0.410 e. The SMILES string of the molecule is CCOC(=O)c1ccc(-c2cc(NC(=O)[C@H]3CCCN3C(=O)OC(C)(C)C)ccc2Cl)cc1. The number of rotatable bonds is 5. The second-order valence-corrected chi connectivity index (χ2v) is 9.22. The van der Waals surface area contributed by atoms with Crippen LogP contribution in [0, 0.1) is 0 Å². The predicted molar refractivity (Wildman–Crippen MR) is 127 cm³/mol. The maximum absolute atomic E-state index is 13.0. The maximum atomic E-state index is 13.0. The van der Waals surface area contributed by atoms with Gasteiger partial charge in [-0.3, -0.25) is 9.69 Å². The molecular weight excluding hydrogens is 444 g/mol. The molecule has 1 fully saturated rings. The fourth-order valence-corrected chi connectivity index (χ4v) is 3.86. The molecule has 0 spiro atoms. The largest absolute Gasteiger partial charge is 0.462 e. The van der Waals surface area contributed by atoms with Crippen LogP contribution in [0.5, 0.6) is 0 Å². The molecule has 7 nitrogen and oxygen atoms in total. The molecule has 2 aromatic carbocycles. The molecule has 1 aliphatic rings. The van der Waals surface area contributed by atoms with Gasteiger partial charge in [0.2, 0.25) is 5.91 Å². The van der Waals surface area contributed by atoms with E-state index in [2.05, 4.69) is 5.32 Å². The number of ether oxygens (including phenoxy) is 2. The van der Waals surface area contributed by atoms with Gasteiger partial charge in [-0.05, 0) is 76.4 Å². The van der Waals surface area contributed by atoms with Crippen LogP contribution in [0.15, 0.2) is 42.5 Å². The van der Waals surface area contributed by atoms with Crippen molar-refractivity contribution in [3.05, 3.63) is 53.1 Å². The van der Waals surface area contributed by atoms with E-state index in [1.165, 1.54) is 4.90 Å². The molecule has 3 rings (SSSR count). The molecule has 1 atom stereocenters. The molecule has 2 aromatic rings. The highest BCUT2D eigenvalue weighted by atomic mass is 35.5. The van der Waals surface area contributed by atoms with Gasteiger partial charge >= 0.3 is 12.1 Å². The zero-order valence-corrected chi connectivity index (χ0v) is 20.1. The lowest BCUT2D eigenvalue weighted by molar-refractivity contribution is -0.120. The zero-order valence-electron chi connectivity index (χ0n) is 19.3. The van der Waals surface area contributed by atoms with Gasteiger partial charge in [0.25, 0.3) is 0 Å². The van der Waals surface area contributed by atoms with Crippen LogP contribution >= 0.6 is 11.6 Å². The lowest BCUT2D eigenvalue weighted by Gasteiger charge is -2.28. The molecule has 0 saturated carbocycles. The van der Waals surface area contributed by atoms with Gasteiger partial charge in [0.05, 0.1) is 12.2 Å². The van der Waals surface area contributed by atoms with E-state index in [1.807, 2.05) is 0 Å². The Morgan fingerprint density at radius 3 is 2.45 bits per heavy atom. The third-order valence-electron chi connectivity index (χ3n) is 5.12. The molecule has 8 heteroatoms. The van der Waals surface area contributed by atoms with Crippen LogP contribution in [0.3, 0.4) is 0 Å². The van der Waals surface area contributed by atoms with Crippen molar-refractivity contribution in [3.63, 3.8) is 0 Å². The van der Waals surface area contributed by atoms with Crippen molar-refractivity contribution in [3.8, 4) is 11.1 Å². The third-order valence-corrected chi connectivity index (χ3v) is 5.45. The number of carbonyl (C=O) groups excluding carboxylic acids is 3. The van der Waals surface area contributed by atoms with E-state index in [0.717, 1.165) is 12.0 Å². The highest BCUT2D eigenvalue weighted by Crippen LogP contribution is 2.31. The van der Waals surface area contributed by atoms with E-state index in [9.17, 15) is 14.4 Å². The minimum atomic E-state index is -0.630. The fraction of sp³-hybridized carbons (Fsp3) is 0.400. The van der Waals surface area contributed by atoms with E-state index in [-0.39, 0.29) is 11.9 Å². The molecule has 33 heavy (non-hydrogen) atoms. The summed E-state index contributed by atoms with van der Waals surface area (Å²) in [5.41, 5.74) is 1.88. The van der Waals surface area contributed by atoms with Crippen LogP contribution in [0.2, 0.25) is 5.02 Å². The lowest BCUT2D eigenvalue weighted by atomic mass is 10.0. The summed E-state index contributed by atoms with van der Waals surface area (Å²) in [6, 6.07) is 11.5. The first kappa shape index (κ1) is 24.6. The highest BCUT2D eigenvalue weighted by Gasteiger charge is 2.36. The van der Waals surface area contributed by atoms with Gasteiger partial charge < -0.3 is 14.8 Å². The minimum Gasteiger partial charge on any atom is -0.462 e. The van der Waals surface area contributed by atoms with Gasteiger partial charge in [0.1, 0.15) is 11.6 Å². The fourth-order valence-electron chi connectivity index (χ4n) is 3.63. The molecule has 1 N–H and O–H groups in total. The second-order valence-electron chi connectivity index (χ2n) is 8.81. The average Bonchev–Trinajstić information content (AvgIpc) is 3.25. The van der Waals surface area contributed by atoms with Crippen LogP contribution in [-0.4, -0.2) is 47.7 Å². The summed E-state index contributed by atoms with van der Waals surface area (Å²) in [6.07, 6.45) is 0.815. The summed E-state index contributed by atoms with van der Waals surface area (Å²) >= 11 is 6.40. The average molecular weight is 473 g/mol. The van der Waals surface area contributed by atoms with E-state index in [1.54, 1.807) is 70.2 Å². The molecule has 0 bridgehead atoms. The van der Waals surface area contributed by atoms with Crippen LogP contribution in [0.25, 0.3) is 11.1 Å². The Morgan fingerprint density at radius 1 is 1.12 bits per heavy atom. The quantitative estimate of drug-likeness (QED) is 0.579. The van der Waals surface area contributed by atoms with E-state index >= 15 is 0 Å². The van der Waals surface area contributed by atoms with Crippen LogP contribution in [0.4, 0.5) is 10.5 Å². The van der Waals surface area contributed by atoms with Crippen molar-refractivity contribution in [1.82, 2.24) is 4.90 Å². The van der Waals surface area contributed by atoms with Crippen LogP contribution in [-0.2, 0) is 14.3 Å². The Bertz CT molecular complexity index is 1030. The molecule has 0 radical (unpaired) electrons. The Morgan fingerprint density at radius 2 is 1.82 bits per heavy atom. The summed E-state index contributed by atoms with van der Waals surface area (Å²) in [5.74, 6) is -0.661.